The third kappa shape index (κ3) is 7.25. The van der Waals surface area contributed by atoms with Crippen LogP contribution in [0.2, 0.25) is 10.0 Å². The van der Waals surface area contributed by atoms with Crippen molar-refractivity contribution in [3.8, 4) is 11.5 Å². The summed E-state index contributed by atoms with van der Waals surface area (Å²) < 4.78 is 14.4. The maximum atomic E-state index is 14.3. The van der Waals surface area contributed by atoms with Crippen molar-refractivity contribution in [1.29, 1.82) is 0 Å². The minimum absolute atomic E-state index is 0.145. The number of amides is 1. The van der Waals surface area contributed by atoms with Crippen LogP contribution >= 0.6 is 34.5 Å². The van der Waals surface area contributed by atoms with Gasteiger partial charge in [0.25, 0.3) is 11.5 Å². The number of rotatable bonds is 12. The summed E-state index contributed by atoms with van der Waals surface area (Å²) in [6, 6.07) is 18.0. The number of hydrogen-bond donors (Lipinski definition) is 0. The largest absolute Gasteiger partial charge is 0.490 e. The van der Waals surface area contributed by atoms with Gasteiger partial charge in [0.15, 0.2) is 16.3 Å². The summed E-state index contributed by atoms with van der Waals surface area (Å²) in [6.07, 6.45) is 4.16. The highest BCUT2D eigenvalue weighted by Gasteiger charge is 2.34. The number of fused-ring (bicyclic) bond motifs is 1. The lowest BCUT2D eigenvalue weighted by Crippen LogP contribution is -2.43. The number of likely N-dealkylation sites (N-methyl/N-ethyl adjacent to an activating group) is 1. The monoisotopic (exact) mass is 689 g/mol. The van der Waals surface area contributed by atoms with Gasteiger partial charge in [-0.25, -0.2) is 4.99 Å². The fourth-order valence-electron chi connectivity index (χ4n) is 5.65. The van der Waals surface area contributed by atoms with E-state index in [1.807, 2.05) is 82.3 Å². The van der Waals surface area contributed by atoms with E-state index in [9.17, 15) is 9.59 Å². The molecule has 244 valence electrons. The van der Waals surface area contributed by atoms with Crippen molar-refractivity contribution in [3.05, 3.63) is 137 Å². The molecule has 0 N–H and O–H groups in total. The maximum Gasteiger partial charge on any atom is 0.271 e. The highest BCUT2D eigenvalue weighted by molar-refractivity contribution is 7.07. The number of benzene rings is 3. The van der Waals surface area contributed by atoms with Crippen LogP contribution in [-0.4, -0.2) is 35.1 Å². The minimum atomic E-state index is -0.658. The molecular weight excluding hydrogens is 653 g/mol. The summed E-state index contributed by atoms with van der Waals surface area (Å²) in [4.78, 5) is 35.2. The number of allylic oxidation sites excluding steroid dienone is 2. The quantitative estimate of drug-likeness (QED) is 0.149. The Morgan fingerprint density at radius 2 is 1.77 bits per heavy atom. The van der Waals surface area contributed by atoms with Crippen molar-refractivity contribution in [2.45, 2.75) is 46.8 Å². The van der Waals surface area contributed by atoms with Gasteiger partial charge in [0.1, 0.15) is 6.61 Å². The molecule has 0 aliphatic carbocycles. The molecule has 1 aliphatic rings. The Labute approximate surface area is 288 Å². The van der Waals surface area contributed by atoms with Crippen LogP contribution < -0.4 is 24.4 Å². The highest BCUT2D eigenvalue weighted by Crippen LogP contribution is 2.36. The van der Waals surface area contributed by atoms with E-state index in [1.54, 1.807) is 27.7 Å². The number of carbonyl (C=O) groups excluding carboxylic acids is 1. The Morgan fingerprint density at radius 1 is 1.04 bits per heavy atom. The average Bonchev–Trinajstić information content (AvgIpc) is 3.35. The molecule has 0 unspecified atom stereocenters. The summed E-state index contributed by atoms with van der Waals surface area (Å²) in [6.45, 7) is 13.3. The number of nitrogens with zero attached hydrogens (tertiary/aromatic N) is 3. The Balaban J connectivity index is 1.64. The first-order valence-corrected chi connectivity index (χ1v) is 17.1. The van der Waals surface area contributed by atoms with Gasteiger partial charge in [-0.15, -0.1) is 6.58 Å². The predicted molar refractivity (Wildman–Crippen MR) is 190 cm³/mol. The molecule has 1 aliphatic heterocycles. The minimum Gasteiger partial charge on any atom is -0.490 e. The van der Waals surface area contributed by atoms with Gasteiger partial charge in [-0.1, -0.05) is 70.9 Å². The molecule has 3 aromatic carbocycles. The van der Waals surface area contributed by atoms with Crippen LogP contribution in [0.3, 0.4) is 0 Å². The molecule has 47 heavy (non-hydrogen) atoms. The molecule has 0 saturated carbocycles. The first kappa shape index (κ1) is 34.2. The number of hydrogen-bond acceptors (Lipinski definition) is 6. The highest BCUT2D eigenvalue weighted by atomic mass is 35.5. The van der Waals surface area contributed by atoms with E-state index < -0.39 is 6.04 Å². The van der Waals surface area contributed by atoms with Gasteiger partial charge in [0.2, 0.25) is 0 Å². The lowest BCUT2D eigenvalue weighted by atomic mass is 9.94. The van der Waals surface area contributed by atoms with Crippen molar-refractivity contribution in [1.82, 2.24) is 9.47 Å². The second-order valence-corrected chi connectivity index (χ2v) is 12.8. The molecule has 1 atom stereocenters. The summed E-state index contributed by atoms with van der Waals surface area (Å²) >= 11 is 13.9. The first-order chi connectivity index (χ1) is 22.7. The normalized spacial score (nSPS) is 14.4. The Kier molecular flexibility index (Phi) is 11.1. The molecule has 0 saturated heterocycles. The summed E-state index contributed by atoms with van der Waals surface area (Å²) in [7, 11) is 0. The zero-order valence-corrected chi connectivity index (χ0v) is 29.2. The van der Waals surface area contributed by atoms with Crippen LogP contribution in [0.4, 0.5) is 0 Å². The third-order valence-electron chi connectivity index (χ3n) is 7.93. The molecule has 1 amide bonds. The average molecular weight is 691 g/mol. The van der Waals surface area contributed by atoms with E-state index in [2.05, 4.69) is 6.58 Å². The third-order valence-corrected chi connectivity index (χ3v) is 9.54. The van der Waals surface area contributed by atoms with Crippen molar-refractivity contribution >= 4 is 46.5 Å². The zero-order chi connectivity index (χ0) is 33.7. The van der Waals surface area contributed by atoms with Crippen LogP contribution in [0.5, 0.6) is 11.5 Å². The Morgan fingerprint density at radius 3 is 2.43 bits per heavy atom. The fraction of sp³-hybridized carbons (Fsp3) is 0.270. The lowest BCUT2D eigenvalue weighted by Gasteiger charge is -2.29. The van der Waals surface area contributed by atoms with Crippen LogP contribution in [0, 0.1) is 0 Å². The molecule has 2 heterocycles. The summed E-state index contributed by atoms with van der Waals surface area (Å²) in [5.41, 5.74) is 4.07. The van der Waals surface area contributed by atoms with Gasteiger partial charge < -0.3 is 14.4 Å². The number of carbonyl (C=O) groups is 1. The molecule has 0 radical (unpaired) electrons. The first-order valence-electron chi connectivity index (χ1n) is 15.5. The van der Waals surface area contributed by atoms with Crippen LogP contribution in [0.25, 0.3) is 6.08 Å². The molecule has 5 rings (SSSR count). The predicted octanol–water partition coefficient (Wildman–Crippen LogP) is 7.12. The van der Waals surface area contributed by atoms with Gasteiger partial charge in [-0.05, 0) is 81.7 Å². The van der Waals surface area contributed by atoms with E-state index in [-0.39, 0.29) is 18.1 Å². The smallest absolute Gasteiger partial charge is 0.271 e. The molecule has 0 fully saturated rings. The van der Waals surface area contributed by atoms with Crippen LogP contribution in [0.15, 0.2) is 94.4 Å². The van der Waals surface area contributed by atoms with E-state index in [1.165, 1.54) is 11.3 Å². The molecule has 7 nitrogen and oxygen atoms in total. The van der Waals surface area contributed by atoms with Crippen molar-refractivity contribution in [2.24, 2.45) is 4.99 Å². The zero-order valence-electron chi connectivity index (χ0n) is 26.9. The van der Waals surface area contributed by atoms with E-state index >= 15 is 0 Å². The maximum absolute atomic E-state index is 14.3. The van der Waals surface area contributed by atoms with Gasteiger partial charge in [0, 0.05) is 34.3 Å². The standard InChI is InChI=1S/C37H37Cl2N3O4S/c1-6-12-26-19-24(20-30(45-9-4)34(26)46-22-27-13-10-11-14-29(27)39)21-31-35(43)42-33(25-15-17-28(38)18-16-25)32(23(5)40-37(42)47-31)36(44)41(7-2)8-3/h6,10-11,13-21,33H,1,7-9,12,22H2,2-5H3/b31-21-/t33-/m0/s1. The second kappa shape index (κ2) is 15.2. The van der Waals surface area contributed by atoms with E-state index in [0.29, 0.717) is 68.3 Å². The molecule has 0 bridgehead atoms. The van der Waals surface area contributed by atoms with Crippen molar-refractivity contribution in [3.63, 3.8) is 0 Å². The van der Waals surface area contributed by atoms with Crippen LogP contribution in [-0.2, 0) is 17.8 Å². The van der Waals surface area contributed by atoms with Crippen LogP contribution in [0.1, 0.15) is 56.0 Å². The Bertz CT molecular complexity index is 2010. The molecule has 4 aromatic rings. The second-order valence-electron chi connectivity index (χ2n) is 10.9. The van der Waals surface area contributed by atoms with Gasteiger partial charge in [-0.2, -0.15) is 0 Å². The number of aromatic nitrogens is 1. The fourth-order valence-corrected chi connectivity index (χ4v) is 7.02. The topological polar surface area (TPSA) is 73.1 Å². The number of ether oxygens (including phenoxy) is 2. The molecule has 0 spiro atoms. The number of halogens is 2. The Hall–Kier alpha value is -4.11. The van der Waals surface area contributed by atoms with Gasteiger partial charge >= 0.3 is 0 Å². The van der Waals surface area contributed by atoms with Crippen molar-refractivity contribution in [2.75, 3.05) is 19.7 Å². The van der Waals surface area contributed by atoms with E-state index in [0.717, 1.165) is 22.3 Å². The van der Waals surface area contributed by atoms with Gasteiger partial charge in [-0.3, -0.25) is 14.2 Å². The van der Waals surface area contributed by atoms with Gasteiger partial charge in [0.05, 0.1) is 28.5 Å². The number of thiazole rings is 1. The van der Waals surface area contributed by atoms with E-state index in [4.69, 9.17) is 37.7 Å². The molecule has 10 heteroatoms. The lowest BCUT2D eigenvalue weighted by molar-refractivity contribution is -0.127. The molecule has 1 aromatic heterocycles. The SMILES string of the molecule is C=CCc1cc(/C=c2\sc3n(c2=O)[C@@H](c2ccc(Cl)cc2)C(C(=O)N(CC)CC)=C(C)N=3)cc(OCC)c1OCc1ccccc1Cl. The van der Waals surface area contributed by atoms with Crippen molar-refractivity contribution < 1.29 is 14.3 Å². The summed E-state index contributed by atoms with van der Waals surface area (Å²) in [5.74, 6) is 1.01. The summed E-state index contributed by atoms with van der Waals surface area (Å²) in [5, 5.41) is 1.19. The molecular formula is C37H37Cl2N3O4S.